The smallest absolute Gasteiger partial charge is 0.0233 e. The summed E-state index contributed by atoms with van der Waals surface area (Å²) in [6, 6.07) is 8.84. The molecule has 132 valence electrons. The zero-order valence-corrected chi connectivity index (χ0v) is 16.9. The van der Waals surface area contributed by atoms with E-state index in [1.807, 2.05) is 0 Å². The predicted molar refractivity (Wildman–Crippen MR) is 107 cm³/mol. The molecular formula is C21H36BrN. The van der Waals surface area contributed by atoms with E-state index in [2.05, 4.69) is 58.9 Å². The highest BCUT2D eigenvalue weighted by Gasteiger charge is 2.06. The van der Waals surface area contributed by atoms with Crippen LogP contribution in [0.4, 0.5) is 0 Å². The summed E-state index contributed by atoms with van der Waals surface area (Å²) < 4.78 is 1.17. The molecule has 0 amide bonds. The molecule has 0 bridgehead atoms. The van der Waals surface area contributed by atoms with Gasteiger partial charge < -0.3 is 0 Å². The van der Waals surface area contributed by atoms with E-state index in [0.717, 1.165) is 6.54 Å². The van der Waals surface area contributed by atoms with E-state index in [4.69, 9.17) is 0 Å². The van der Waals surface area contributed by atoms with Crippen LogP contribution in [-0.4, -0.2) is 18.0 Å². The van der Waals surface area contributed by atoms with Crippen molar-refractivity contribution in [1.82, 2.24) is 4.90 Å². The Labute approximate surface area is 153 Å². The van der Waals surface area contributed by atoms with Crippen molar-refractivity contribution in [2.75, 3.05) is 13.1 Å². The second kappa shape index (κ2) is 14.0. The van der Waals surface area contributed by atoms with Crippen molar-refractivity contribution in [3.05, 3.63) is 34.3 Å². The summed E-state index contributed by atoms with van der Waals surface area (Å²) >= 11 is 3.53. The van der Waals surface area contributed by atoms with Crippen molar-refractivity contribution in [2.45, 2.75) is 84.6 Å². The van der Waals surface area contributed by atoms with Crippen LogP contribution in [0.2, 0.25) is 0 Å². The number of benzene rings is 1. The lowest BCUT2D eigenvalue weighted by atomic mass is 10.1. The summed E-state index contributed by atoms with van der Waals surface area (Å²) in [5.74, 6) is 0. The highest BCUT2D eigenvalue weighted by molar-refractivity contribution is 9.10. The normalized spacial score (nSPS) is 11.3. The van der Waals surface area contributed by atoms with Gasteiger partial charge in [-0.15, -0.1) is 0 Å². The number of halogens is 1. The van der Waals surface area contributed by atoms with Gasteiger partial charge in [0.15, 0.2) is 0 Å². The lowest BCUT2D eigenvalue weighted by Crippen LogP contribution is -2.25. The Kier molecular flexibility index (Phi) is 12.6. The Morgan fingerprint density at radius 3 is 1.65 bits per heavy atom. The number of hydrogen-bond donors (Lipinski definition) is 0. The van der Waals surface area contributed by atoms with Crippen LogP contribution in [0, 0.1) is 0 Å². The second-order valence-electron chi connectivity index (χ2n) is 6.73. The van der Waals surface area contributed by atoms with Crippen LogP contribution in [0.1, 0.15) is 83.6 Å². The van der Waals surface area contributed by atoms with E-state index < -0.39 is 0 Å². The molecule has 23 heavy (non-hydrogen) atoms. The maximum absolute atomic E-state index is 3.53. The standard InChI is InChI=1S/C21H36BrN/c1-3-5-7-9-11-17-23(18-12-10-8-6-4-2)19-20-13-15-21(22)16-14-20/h13-16H,3-12,17-19H2,1-2H3. The van der Waals surface area contributed by atoms with Crippen molar-refractivity contribution >= 4 is 15.9 Å². The van der Waals surface area contributed by atoms with Crippen LogP contribution in [0.25, 0.3) is 0 Å². The van der Waals surface area contributed by atoms with Crippen LogP contribution in [0.5, 0.6) is 0 Å². The second-order valence-corrected chi connectivity index (χ2v) is 7.65. The molecule has 1 aromatic rings. The highest BCUT2D eigenvalue weighted by atomic mass is 79.9. The number of hydrogen-bond acceptors (Lipinski definition) is 1. The van der Waals surface area contributed by atoms with Crippen LogP contribution in [0.3, 0.4) is 0 Å². The molecular weight excluding hydrogens is 346 g/mol. The van der Waals surface area contributed by atoms with Crippen LogP contribution < -0.4 is 0 Å². The molecule has 0 N–H and O–H groups in total. The summed E-state index contributed by atoms with van der Waals surface area (Å²) in [4.78, 5) is 2.67. The molecule has 1 aromatic carbocycles. The van der Waals surface area contributed by atoms with Gasteiger partial charge in [0.25, 0.3) is 0 Å². The molecule has 0 aliphatic carbocycles. The molecule has 1 rings (SSSR count). The minimum Gasteiger partial charge on any atom is -0.299 e. The Bertz CT molecular complexity index is 360. The van der Waals surface area contributed by atoms with Gasteiger partial charge in [0.05, 0.1) is 0 Å². The number of rotatable bonds is 14. The van der Waals surface area contributed by atoms with Crippen LogP contribution in [-0.2, 0) is 6.54 Å². The summed E-state index contributed by atoms with van der Waals surface area (Å²) in [7, 11) is 0. The third kappa shape index (κ3) is 10.9. The maximum atomic E-state index is 3.53. The molecule has 0 saturated heterocycles. The molecule has 1 nitrogen and oxygen atoms in total. The van der Waals surface area contributed by atoms with E-state index in [1.54, 1.807) is 0 Å². The molecule has 0 spiro atoms. The zero-order valence-electron chi connectivity index (χ0n) is 15.3. The Morgan fingerprint density at radius 2 is 1.17 bits per heavy atom. The third-order valence-corrected chi connectivity index (χ3v) is 5.00. The van der Waals surface area contributed by atoms with Gasteiger partial charge in [-0.3, -0.25) is 4.90 Å². The fraction of sp³-hybridized carbons (Fsp3) is 0.714. The van der Waals surface area contributed by atoms with Gasteiger partial charge in [-0.1, -0.05) is 93.3 Å². The first-order chi connectivity index (χ1) is 11.3. The van der Waals surface area contributed by atoms with Gasteiger partial charge in [-0.05, 0) is 43.6 Å². The first kappa shape index (κ1) is 20.7. The summed E-state index contributed by atoms with van der Waals surface area (Å²) in [5, 5.41) is 0. The Balaban J connectivity index is 2.35. The summed E-state index contributed by atoms with van der Waals surface area (Å²) in [5.41, 5.74) is 1.44. The quantitative estimate of drug-likeness (QED) is 0.308. The Hall–Kier alpha value is -0.340. The van der Waals surface area contributed by atoms with Gasteiger partial charge in [-0.2, -0.15) is 0 Å². The van der Waals surface area contributed by atoms with Gasteiger partial charge in [0.2, 0.25) is 0 Å². The molecule has 0 aliphatic heterocycles. The fourth-order valence-electron chi connectivity index (χ4n) is 3.00. The molecule has 0 atom stereocenters. The summed E-state index contributed by atoms with van der Waals surface area (Å²) in [6.45, 7) is 8.20. The first-order valence-corrected chi connectivity index (χ1v) is 10.5. The molecule has 0 heterocycles. The van der Waals surface area contributed by atoms with Crippen molar-refractivity contribution in [3.8, 4) is 0 Å². The monoisotopic (exact) mass is 381 g/mol. The fourth-order valence-corrected chi connectivity index (χ4v) is 3.26. The third-order valence-electron chi connectivity index (χ3n) is 4.48. The number of nitrogens with zero attached hydrogens (tertiary/aromatic N) is 1. The zero-order chi connectivity index (χ0) is 16.8. The number of unbranched alkanes of at least 4 members (excludes halogenated alkanes) is 8. The van der Waals surface area contributed by atoms with E-state index in [0.29, 0.717) is 0 Å². The molecule has 0 radical (unpaired) electrons. The minimum absolute atomic E-state index is 1.11. The average molecular weight is 382 g/mol. The van der Waals surface area contributed by atoms with Gasteiger partial charge in [0.1, 0.15) is 0 Å². The van der Waals surface area contributed by atoms with Crippen molar-refractivity contribution in [1.29, 1.82) is 0 Å². The highest BCUT2D eigenvalue weighted by Crippen LogP contribution is 2.14. The lowest BCUT2D eigenvalue weighted by molar-refractivity contribution is 0.252. The van der Waals surface area contributed by atoms with Crippen molar-refractivity contribution < 1.29 is 0 Å². The SMILES string of the molecule is CCCCCCCN(CCCCCCC)Cc1ccc(Br)cc1. The van der Waals surface area contributed by atoms with E-state index in [1.165, 1.54) is 87.3 Å². The van der Waals surface area contributed by atoms with E-state index >= 15 is 0 Å². The largest absolute Gasteiger partial charge is 0.299 e. The molecule has 0 saturated carbocycles. The van der Waals surface area contributed by atoms with E-state index in [-0.39, 0.29) is 0 Å². The lowest BCUT2D eigenvalue weighted by Gasteiger charge is -2.22. The minimum atomic E-state index is 1.11. The van der Waals surface area contributed by atoms with Crippen molar-refractivity contribution in [2.24, 2.45) is 0 Å². The Morgan fingerprint density at radius 1 is 0.696 bits per heavy atom. The molecule has 0 aromatic heterocycles. The van der Waals surface area contributed by atoms with Gasteiger partial charge in [-0.25, -0.2) is 0 Å². The first-order valence-electron chi connectivity index (χ1n) is 9.73. The van der Waals surface area contributed by atoms with Gasteiger partial charge >= 0.3 is 0 Å². The predicted octanol–water partition coefficient (Wildman–Crippen LogP) is 7.19. The molecule has 2 heteroatoms. The molecule has 0 unspecified atom stereocenters. The maximum Gasteiger partial charge on any atom is 0.0233 e. The summed E-state index contributed by atoms with van der Waals surface area (Å²) in [6.07, 6.45) is 13.7. The molecule has 0 aliphatic rings. The molecule has 0 fully saturated rings. The topological polar surface area (TPSA) is 3.24 Å². The van der Waals surface area contributed by atoms with Crippen LogP contribution >= 0.6 is 15.9 Å². The average Bonchev–Trinajstić information content (AvgIpc) is 2.56. The van der Waals surface area contributed by atoms with Crippen molar-refractivity contribution in [3.63, 3.8) is 0 Å². The van der Waals surface area contributed by atoms with Crippen LogP contribution in [0.15, 0.2) is 28.7 Å². The van der Waals surface area contributed by atoms with Gasteiger partial charge in [0, 0.05) is 11.0 Å². The van der Waals surface area contributed by atoms with E-state index in [9.17, 15) is 0 Å².